The van der Waals surface area contributed by atoms with Crippen molar-refractivity contribution in [1.82, 2.24) is 0 Å². The number of methoxy groups -OCH3 is 2. The maximum Gasteiger partial charge on any atom is 0.348 e. The summed E-state index contributed by atoms with van der Waals surface area (Å²) in [6.07, 6.45) is 1.32. The number of phenolic OH excluding ortho intramolecular Hbond substituents is 1. The molecule has 0 aliphatic rings. The van der Waals surface area contributed by atoms with Gasteiger partial charge in [0, 0.05) is 0 Å². The van der Waals surface area contributed by atoms with E-state index in [1.807, 2.05) is 0 Å². The van der Waals surface area contributed by atoms with Crippen LogP contribution in [-0.4, -0.2) is 25.3 Å². The summed E-state index contributed by atoms with van der Waals surface area (Å²) < 4.78 is 9.31. The van der Waals surface area contributed by atoms with Crippen LogP contribution in [0.15, 0.2) is 23.8 Å². The highest BCUT2D eigenvalue weighted by Gasteiger charge is 2.09. The Morgan fingerprint density at radius 1 is 1.47 bits per heavy atom. The molecule has 0 fully saturated rings. The fourth-order valence-corrected chi connectivity index (χ4v) is 1.21. The lowest BCUT2D eigenvalue weighted by Crippen LogP contribution is -2.02. The number of aromatic hydroxyl groups is 1. The molecular formula is C12H11NO4. The van der Waals surface area contributed by atoms with Crippen molar-refractivity contribution in [3.8, 4) is 17.6 Å². The Bertz CT molecular complexity index is 500. The molecule has 0 aliphatic carbocycles. The monoisotopic (exact) mass is 233 g/mol. The molecule has 5 heteroatoms. The zero-order valence-corrected chi connectivity index (χ0v) is 9.43. The maximum absolute atomic E-state index is 11.2. The van der Waals surface area contributed by atoms with Gasteiger partial charge in [-0.1, -0.05) is 6.07 Å². The Kier molecular flexibility index (Phi) is 4.12. The van der Waals surface area contributed by atoms with Gasteiger partial charge >= 0.3 is 5.97 Å². The van der Waals surface area contributed by atoms with E-state index in [9.17, 15) is 9.90 Å². The molecular weight excluding hydrogens is 222 g/mol. The minimum Gasteiger partial charge on any atom is -0.504 e. The molecule has 0 spiro atoms. The fraction of sp³-hybridized carbons (Fsp3) is 0.167. The van der Waals surface area contributed by atoms with Gasteiger partial charge in [-0.25, -0.2) is 4.79 Å². The first-order valence-electron chi connectivity index (χ1n) is 4.69. The van der Waals surface area contributed by atoms with E-state index in [2.05, 4.69) is 4.74 Å². The number of nitriles is 1. The van der Waals surface area contributed by atoms with Crippen LogP contribution in [-0.2, 0) is 9.53 Å². The van der Waals surface area contributed by atoms with E-state index in [-0.39, 0.29) is 11.3 Å². The first-order chi connectivity index (χ1) is 8.12. The third kappa shape index (κ3) is 2.98. The second-order valence-corrected chi connectivity index (χ2v) is 3.09. The topological polar surface area (TPSA) is 79.6 Å². The van der Waals surface area contributed by atoms with Crippen LogP contribution in [0.4, 0.5) is 0 Å². The lowest BCUT2D eigenvalue weighted by Gasteiger charge is -2.03. The first kappa shape index (κ1) is 12.6. The van der Waals surface area contributed by atoms with Crippen LogP contribution in [0.2, 0.25) is 0 Å². The Hall–Kier alpha value is -2.48. The lowest BCUT2D eigenvalue weighted by atomic mass is 10.1. The van der Waals surface area contributed by atoms with Gasteiger partial charge in [0.1, 0.15) is 11.6 Å². The predicted molar refractivity (Wildman–Crippen MR) is 60.3 cm³/mol. The van der Waals surface area contributed by atoms with Crippen LogP contribution < -0.4 is 4.74 Å². The van der Waals surface area contributed by atoms with Gasteiger partial charge in [0.05, 0.1) is 14.2 Å². The Balaban J connectivity index is 3.10. The van der Waals surface area contributed by atoms with Crippen molar-refractivity contribution in [3.63, 3.8) is 0 Å². The van der Waals surface area contributed by atoms with Gasteiger partial charge in [-0.05, 0) is 23.8 Å². The number of nitrogens with zero attached hydrogens (tertiary/aromatic N) is 1. The summed E-state index contributed by atoms with van der Waals surface area (Å²) in [6.45, 7) is 0. The largest absolute Gasteiger partial charge is 0.504 e. The number of hydrogen-bond donors (Lipinski definition) is 1. The highest BCUT2D eigenvalue weighted by molar-refractivity contribution is 5.97. The number of hydrogen-bond acceptors (Lipinski definition) is 5. The first-order valence-corrected chi connectivity index (χ1v) is 4.69. The number of esters is 1. The Labute approximate surface area is 98.5 Å². The van der Waals surface area contributed by atoms with Gasteiger partial charge in [-0.2, -0.15) is 5.26 Å². The molecule has 1 aromatic rings. The summed E-state index contributed by atoms with van der Waals surface area (Å²) >= 11 is 0. The Morgan fingerprint density at radius 3 is 2.65 bits per heavy atom. The SMILES string of the molecule is COC(=O)C(C#N)=Cc1ccc(OC)c(O)c1. The third-order valence-electron chi connectivity index (χ3n) is 2.04. The van der Waals surface area contributed by atoms with Gasteiger partial charge < -0.3 is 14.6 Å². The van der Waals surface area contributed by atoms with Crippen molar-refractivity contribution in [2.24, 2.45) is 0 Å². The van der Waals surface area contributed by atoms with E-state index in [0.29, 0.717) is 11.3 Å². The number of carbonyl (C=O) groups is 1. The average molecular weight is 233 g/mol. The third-order valence-corrected chi connectivity index (χ3v) is 2.04. The Morgan fingerprint density at radius 2 is 2.18 bits per heavy atom. The average Bonchev–Trinajstić information content (AvgIpc) is 2.35. The zero-order chi connectivity index (χ0) is 12.8. The van der Waals surface area contributed by atoms with Crippen molar-refractivity contribution < 1.29 is 19.4 Å². The van der Waals surface area contributed by atoms with Gasteiger partial charge in [0.15, 0.2) is 11.5 Å². The molecule has 0 unspecified atom stereocenters. The van der Waals surface area contributed by atoms with Crippen molar-refractivity contribution in [1.29, 1.82) is 5.26 Å². The van der Waals surface area contributed by atoms with E-state index in [0.717, 1.165) is 0 Å². The van der Waals surface area contributed by atoms with E-state index in [1.54, 1.807) is 12.1 Å². The minimum atomic E-state index is -0.720. The summed E-state index contributed by atoms with van der Waals surface area (Å²) in [4.78, 5) is 11.2. The summed E-state index contributed by atoms with van der Waals surface area (Å²) in [5.74, 6) is -0.468. The number of rotatable bonds is 3. The molecule has 0 saturated heterocycles. The normalized spacial score (nSPS) is 10.5. The summed E-state index contributed by atoms with van der Waals surface area (Å²) in [5.41, 5.74) is 0.363. The van der Waals surface area contributed by atoms with Crippen LogP contribution in [0.25, 0.3) is 6.08 Å². The van der Waals surface area contributed by atoms with Crippen LogP contribution in [0.5, 0.6) is 11.5 Å². The van der Waals surface area contributed by atoms with Gasteiger partial charge in [-0.15, -0.1) is 0 Å². The van der Waals surface area contributed by atoms with Gasteiger partial charge in [0.25, 0.3) is 0 Å². The molecule has 0 bridgehead atoms. The molecule has 0 aromatic heterocycles. The van der Waals surface area contributed by atoms with Crippen molar-refractivity contribution >= 4 is 12.0 Å². The molecule has 0 radical (unpaired) electrons. The molecule has 5 nitrogen and oxygen atoms in total. The van der Waals surface area contributed by atoms with Crippen LogP contribution in [0, 0.1) is 11.3 Å². The molecule has 17 heavy (non-hydrogen) atoms. The number of carbonyl (C=O) groups excluding carboxylic acids is 1. The van der Waals surface area contributed by atoms with Crippen LogP contribution in [0.3, 0.4) is 0 Å². The van der Waals surface area contributed by atoms with E-state index < -0.39 is 5.97 Å². The maximum atomic E-state index is 11.2. The molecule has 0 aliphatic heterocycles. The van der Waals surface area contributed by atoms with Gasteiger partial charge in [0.2, 0.25) is 0 Å². The number of phenols is 1. The molecule has 0 heterocycles. The zero-order valence-electron chi connectivity index (χ0n) is 9.43. The standard InChI is InChI=1S/C12H11NO4/c1-16-11-4-3-8(6-10(11)14)5-9(7-13)12(15)17-2/h3-6,14H,1-2H3. The number of ether oxygens (including phenoxy) is 2. The molecule has 1 rings (SSSR count). The molecule has 1 aromatic carbocycles. The van der Waals surface area contributed by atoms with Crippen LogP contribution >= 0.6 is 0 Å². The van der Waals surface area contributed by atoms with Gasteiger partial charge in [-0.3, -0.25) is 0 Å². The molecule has 1 N–H and O–H groups in total. The highest BCUT2D eigenvalue weighted by atomic mass is 16.5. The predicted octanol–water partition coefficient (Wildman–Crippen LogP) is 1.48. The quantitative estimate of drug-likeness (QED) is 0.486. The lowest BCUT2D eigenvalue weighted by molar-refractivity contribution is -0.135. The van der Waals surface area contributed by atoms with Crippen molar-refractivity contribution in [3.05, 3.63) is 29.3 Å². The number of benzene rings is 1. The van der Waals surface area contributed by atoms with E-state index >= 15 is 0 Å². The van der Waals surface area contributed by atoms with Crippen molar-refractivity contribution in [2.45, 2.75) is 0 Å². The van der Waals surface area contributed by atoms with E-state index in [1.165, 1.54) is 32.4 Å². The summed E-state index contributed by atoms with van der Waals surface area (Å²) in [5, 5.41) is 18.3. The summed E-state index contributed by atoms with van der Waals surface area (Å²) in [6, 6.07) is 6.26. The minimum absolute atomic E-state index is 0.0663. The molecule has 0 amide bonds. The highest BCUT2D eigenvalue weighted by Crippen LogP contribution is 2.27. The fourth-order valence-electron chi connectivity index (χ4n) is 1.21. The molecule has 88 valence electrons. The van der Waals surface area contributed by atoms with E-state index in [4.69, 9.17) is 10.00 Å². The molecule has 0 saturated carbocycles. The second-order valence-electron chi connectivity index (χ2n) is 3.09. The summed E-state index contributed by atoms with van der Waals surface area (Å²) in [7, 11) is 2.62. The second kappa shape index (κ2) is 5.56. The van der Waals surface area contributed by atoms with Crippen LogP contribution in [0.1, 0.15) is 5.56 Å². The smallest absolute Gasteiger partial charge is 0.348 e. The van der Waals surface area contributed by atoms with Crippen molar-refractivity contribution in [2.75, 3.05) is 14.2 Å². The molecule has 0 atom stereocenters.